The molecule has 0 aromatic rings. The van der Waals surface area contributed by atoms with E-state index in [0.29, 0.717) is 39.3 Å². The second-order valence-corrected chi connectivity index (χ2v) is 9.31. The number of hydrogen-bond donors (Lipinski definition) is 1. The molecule has 0 saturated carbocycles. The zero-order valence-electron chi connectivity index (χ0n) is 16.2. The van der Waals surface area contributed by atoms with Crippen LogP contribution in [-0.4, -0.2) is 83.5 Å². The summed E-state index contributed by atoms with van der Waals surface area (Å²) in [5, 5.41) is 0. The molecule has 8 heteroatoms. The lowest BCUT2D eigenvalue weighted by molar-refractivity contribution is -0.144. The Labute approximate surface area is 159 Å². The molecule has 148 valence electrons. The van der Waals surface area contributed by atoms with Gasteiger partial charge in [0.25, 0.3) is 0 Å². The van der Waals surface area contributed by atoms with Crippen molar-refractivity contribution >= 4 is 17.8 Å². The maximum absolute atomic E-state index is 13.3. The number of piperazine rings is 1. The van der Waals surface area contributed by atoms with Gasteiger partial charge in [0.05, 0.1) is 24.5 Å². The van der Waals surface area contributed by atoms with Crippen molar-refractivity contribution in [2.24, 2.45) is 23.0 Å². The van der Waals surface area contributed by atoms with E-state index in [4.69, 9.17) is 10.5 Å². The number of nitrogens with two attached hydrogens (primary N) is 1. The van der Waals surface area contributed by atoms with Crippen LogP contribution in [-0.2, 0) is 14.3 Å². The fourth-order valence-corrected chi connectivity index (χ4v) is 4.92. The molecule has 2 unspecified atom stereocenters. The zero-order valence-corrected chi connectivity index (χ0v) is 16.2. The SMILES string of the molecule is CC(C)(C)CN1C[C@]23C=C[C@H](O2)C(C(=O)N2CCN(C(N)=O)CC2)C3C1=O. The van der Waals surface area contributed by atoms with Gasteiger partial charge in [-0.2, -0.15) is 0 Å². The van der Waals surface area contributed by atoms with Crippen LogP contribution < -0.4 is 5.73 Å². The van der Waals surface area contributed by atoms with Gasteiger partial charge in [-0.15, -0.1) is 0 Å². The van der Waals surface area contributed by atoms with Gasteiger partial charge in [-0.05, 0) is 5.41 Å². The van der Waals surface area contributed by atoms with Gasteiger partial charge in [0, 0.05) is 32.7 Å². The maximum Gasteiger partial charge on any atom is 0.314 e. The molecule has 4 aliphatic heterocycles. The number of urea groups is 1. The number of ether oxygens (including phenoxy) is 1. The Balaban J connectivity index is 1.51. The Morgan fingerprint density at radius 3 is 2.44 bits per heavy atom. The van der Waals surface area contributed by atoms with Gasteiger partial charge in [-0.25, -0.2) is 4.79 Å². The van der Waals surface area contributed by atoms with Crippen LogP contribution in [0.25, 0.3) is 0 Å². The molecule has 1 spiro atoms. The maximum atomic E-state index is 13.3. The molecule has 4 atom stereocenters. The normalized spacial score (nSPS) is 35.1. The van der Waals surface area contributed by atoms with Gasteiger partial charge < -0.3 is 25.2 Å². The molecule has 2 N–H and O–H groups in total. The molecular formula is C19H28N4O4. The van der Waals surface area contributed by atoms with Gasteiger partial charge in [0.2, 0.25) is 11.8 Å². The summed E-state index contributed by atoms with van der Waals surface area (Å²) in [7, 11) is 0. The van der Waals surface area contributed by atoms with Crippen molar-refractivity contribution in [1.82, 2.24) is 14.7 Å². The summed E-state index contributed by atoms with van der Waals surface area (Å²) in [6.45, 7) is 9.18. The lowest BCUT2D eigenvalue weighted by Crippen LogP contribution is -2.55. The Hall–Kier alpha value is -2.09. The predicted molar refractivity (Wildman–Crippen MR) is 97.5 cm³/mol. The number of rotatable bonds is 2. The summed E-state index contributed by atoms with van der Waals surface area (Å²) in [5.41, 5.74) is 4.64. The van der Waals surface area contributed by atoms with Crippen LogP contribution in [0.2, 0.25) is 0 Å². The van der Waals surface area contributed by atoms with E-state index in [-0.39, 0.29) is 23.3 Å². The summed E-state index contributed by atoms with van der Waals surface area (Å²) in [4.78, 5) is 42.8. The largest absolute Gasteiger partial charge is 0.360 e. The molecule has 4 amide bonds. The van der Waals surface area contributed by atoms with E-state index >= 15 is 0 Å². The molecule has 0 aromatic heterocycles. The first kappa shape index (κ1) is 18.3. The number of primary amides is 1. The van der Waals surface area contributed by atoms with E-state index in [0.717, 1.165) is 0 Å². The zero-order chi connectivity index (χ0) is 19.6. The van der Waals surface area contributed by atoms with Crippen molar-refractivity contribution in [3.63, 3.8) is 0 Å². The molecule has 0 aliphatic carbocycles. The van der Waals surface area contributed by atoms with Gasteiger partial charge >= 0.3 is 6.03 Å². The molecule has 3 fully saturated rings. The average Bonchev–Trinajstić information content (AvgIpc) is 3.21. The van der Waals surface area contributed by atoms with Crippen LogP contribution in [0.3, 0.4) is 0 Å². The number of likely N-dealkylation sites (tertiary alicyclic amines) is 1. The van der Waals surface area contributed by atoms with Crippen LogP contribution >= 0.6 is 0 Å². The van der Waals surface area contributed by atoms with E-state index in [1.54, 1.807) is 4.90 Å². The van der Waals surface area contributed by atoms with Crippen LogP contribution in [0.1, 0.15) is 20.8 Å². The van der Waals surface area contributed by atoms with Crippen molar-refractivity contribution in [3.05, 3.63) is 12.2 Å². The minimum atomic E-state index is -0.664. The number of fused-ring (bicyclic) bond motifs is 1. The quantitative estimate of drug-likeness (QED) is 0.688. The number of carbonyl (C=O) groups is 3. The van der Waals surface area contributed by atoms with Gasteiger partial charge in [-0.3, -0.25) is 9.59 Å². The first-order valence-corrected chi connectivity index (χ1v) is 9.60. The Morgan fingerprint density at radius 2 is 1.85 bits per heavy atom. The average molecular weight is 376 g/mol. The number of amides is 4. The molecule has 27 heavy (non-hydrogen) atoms. The van der Waals surface area contributed by atoms with Crippen molar-refractivity contribution in [2.75, 3.05) is 39.3 Å². The first-order chi connectivity index (χ1) is 12.6. The second kappa shape index (κ2) is 5.95. The van der Waals surface area contributed by atoms with Gasteiger partial charge in [-0.1, -0.05) is 32.9 Å². The van der Waals surface area contributed by atoms with E-state index in [9.17, 15) is 14.4 Å². The topological polar surface area (TPSA) is 96.2 Å². The van der Waals surface area contributed by atoms with E-state index in [1.807, 2.05) is 17.1 Å². The summed E-state index contributed by atoms with van der Waals surface area (Å²) in [6, 6.07) is -0.462. The van der Waals surface area contributed by atoms with Crippen molar-refractivity contribution in [3.8, 4) is 0 Å². The third kappa shape index (κ3) is 2.90. The smallest absolute Gasteiger partial charge is 0.314 e. The lowest BCUT2D eigenvalue weighted by atomic mass is 9.76. The summed E-state index contributed by atoms with van der Waals surface area (Å²) < 4.78 is 6.18. The summed E-state index contributed by atoms with van der Waals surface area (Å²) in [5.74, 6) is -0.957. The van der Waals surface area contributed by atoms with E-state index in [2.05, 4.69) is 20.8 Å². The Bertz CT molecular complexity index is 707. The Morgan fingerprint density at radius 1 is 1.22 bits per heavy atom. The fourth-order valence-electron chi connectivity index (χ4n) is 4.92. The van der Waals surface area contributed by atoms with Gasteiger partial charge in [0.1, 0.15) is 5.60 Å². The highest BCUT2D eigenvalue weighted by molar-refractivity contribution is 5.93. The monoisotopic (exact) mass is 376 g/mol. The predicted octanol–water partition coefficient (Wildman–Crippen LogP) is 0.0374. The number of nitrogens with zero attached hydrogens (tertiary/aromatic N) is 3. The fraction of sp³-hybridized carbons (Fsp3) is 0.737. The molecule has 4 rings (SSSR count). The number of carbonyl (C=O) groups excluding carboxylic acids is 3. The summed E-state index contributed by atoms with van der Waals surface area (Å²) in [6.07, 6.45) is 3.59. The van der Waals surface area contributed by atoms with Crippen LogP contribution in [0, 0.1) is 17.3 Å². The van der Waals surface area contributed by atoms with E-state index in [1.165, 1.54) is 4.90 Å². The highest BCUT2D eigenvalue weighted by Crippen LogP contribution is 2.52. The second-order valence-electron chi connectivity index (χ2n) is 9.31. The third-order valence-corrected chi connectivity index (χ3v) is 6.03. The first-order valence-electron chi connectivity index (χ1n) is 9.60. The van der Waals surface area contributed by atoms with Crippen LogP contribution in [0.15, 0.2) is 12.2 Å². The minimum Gasteiger partial charge on any atom is -0.360 e. The summed E-state index contributed by atoms with van der Waals surface area (Å²) >= 11 is 0. The molecule has 4 aliphatic rings. The van der Waals surface area contributed by atoms with Crippen LogP contribution in [0.4, 0.5) is 4.79 Å². The molecule has 0 radical (unpaired) electrons. The van der Waals surface area contributed by atoms with Crippen molar-refractivity contribution in [2.45, 2.75) is 32.5 Å². The molecule has 0 aromatic carbocycles. The van der Waals surface area contributed by atoms with Crippen LogP contribution in [0.5, 0.6) is 0 Å². The molecule has 8 nitrogen and oxygen atoms in total. The van der Waals surface area contributed by atoms with Crippen molar-refractivity contribution in [1.29, 1.82) is 0 Å². The standard InChI is InChI=1S/C19H28N4O4/c1-18(2,3)10-23-11-19-5-4-12(27-19)13(14(19)16(23)25)15(24)21-6-8-22(9-7-21)17(20)26/h4-5,12-14H,6-11H2,1-3H3,(H2,20,26)/t12-,13?,14?,19-/m0/s1. The van der Waals surface area contributed by atoms with Gasteiger partial charge in [0.15, 0.2) is 0 Å². The number of hydrogen-bond acceptors (Lipinski definition) is 4. The molecule has 2 bridgehead atoms. The molecular weight excluding hydrogens is 348 g/mol. The highest BCUT2D eigenvalue weighted by Gasteiger charge is 2.67. The Kier molecular flexibility index (Phi) is 4.03. The minimum absolute atomic E-state index is 0.0166. The van der Waals surface area contributed by atoms with E-state index < -0.39 is 23.5 Å². The highest BCUT2D eigenvalue weighted by atomic mass is 16.5. The third-order valence-electron chi connectivity index (χ3n) is 6.03. The molecule has 4 heterocycles. The van der Waals surface area contributed by atoms with Crippen molar-refractivity contribution < 1.29 is 19.1 Å². The molecule has 3 saturated heterocycles. The lowest BCUT2D eigenvalue weighted by Gasteiger charge is -2.36.